The van der Waals surface area contributed by atoms with Crippen molar-refractivity contribution in [2.45, 2.75) is 19.9 Å². The van der Waals surface area contributed by atoms with Crippen LogP contribution in [0.1, 0.15) is 36.1 Å². The minimum atomic E-state index is -0.515. The number of aromatic nitrogens is 2. The molecule has 0 aliphatic rings. The van der Waals surface area contributed by atoms with Gasteiger partial charge in [-0.25, -0.2) is 4.98 Å². The fraction of sp³-hybridized carbons (Fsp3) is 0.276. The molecule has 192 valence electrons. The largest absolute Gasteiger partial charge is 0.492 e. The van der Waals surface area contributed by atoms with E-state index in [4.69, 9.17) is 9.72 Å². The zero-order chi connectivity index (χ0) is 26.5. The Morgan fingerprint density at radius 2 is 1.76 bits per heavy atom. The lowest BCUT2D eigenvalue weighted by molar-refractivity contribution is 0.0667. The Balaban J connectivity index is 1.93. The monoisotopic (exact) mass is 562 g/mol. The molecule has 1 heterocycles. The highest BCUT2D eigenvalue weighted by molar-refractivity contribution is 9.10. The quantitative estimate of drug-likeness (QED) is 0.276. The van der Waals surface area contributed by atoms with Crippen molar-refractivity contribution in [3.05, 3.63) is 99.0 Å². The van der Waals surface area contributed by atoms with Crippen LogP contribution in [0.3, 0.4) is 0 Å². The van der Waals surface area contributed by atoms with Gasteiger partial charge in [0.15, 0.2) is 0 Å². The first-order chi connectivity index (χ1) is 17.8. The molecule has 7 nitrogen and oxygen atoms in total. The number of carbonyl (C=O) groups is 1. The van der Waals surface area contributed by atoms with Crippen LogP contribution in [0.2, 0.25) is 0 Å². The van der Waals surface area contributed by atoms with Crippen molar-refractivity contribution < 1.29 is 9.53 Å². The van der Waals surface area contributed by atoms with Gasteiger partial charge in [-0.1, -0.05) is 46.3 Å². The van der Waals surface area contributed by atoms with Gasteiger partial charge in [-0.3, -0.25) is 14.2 Å². The Labute approximate surface area is 225 Å². The number of benzene rings is 3. The number of rotatable bonds is 9. The van der Waals surface area contributed by atoms with Gasteiger partial charge in [-0.15, -0.1) is 0 Å². The summed E-state index contributed by atoms with van der Waals surface area (Å²) in [5.41, 5.74) is 1.53. The molecule has 0 N–H and O–H groups in total. The Morgan fingerprint density at radius 1 is 1.03 bits per heavy atom. The molecule has 3 aromatic carbocycles. The number of hydrogen-bond acceptors (Lipinski definition) is 5. The van der Waals surface area contributed by atoms with Gasteiger partial charge in [0.05, 0.1) is 29.2 Å². The highest BCUT2D eigenvalue weighted by Crippen LogP contribution is 2.29. The van der Waals surface area contributed by atoms with E-state index in [2.05, 4.69) is 15.9 Å². The van der Waals surface area contributed by atoms with Crippen LogP contribution < -0.4 is 10.3 Å². The van der Waals surface area contributed by atoms with Crippen molar-refractivity contribution in [3.63, 3.8) is 0 Å². The van der Waals surface area contributed by atoms with E-state index in [9.17, 15) is 9.59 Å². The van der Waals surface area contributed by atoms with E-state index in [1.807, 2.05) is 93.5 Å². The van der Waals surface area contributed by atoms with Gasteiger partial charge < -0.3 is 14.5 Å². The number of carbonyl (C=O) groups excluding carboxylic acids is 1. The number of likely N-dealkylation sites (N-methyl/N-ethyl adjacent to an activating group) is 1. The molecule has 1 unspecified atom stereocenters. The van der Waals surface area contributed by atoms with E-state index in [-0.39, 0.29) is 11.5 Å². The predicted molar refractivity (Wildman–Crippen MR) is 151 cm³/mol. The standard InChI is InChI=1S/C29H31BrN4O3/c1-5-37-26-16-9-8-15-25(26)34-27(31-24-14-7-6-13-23(24)29(34)36)20(2)33(18-17-32(3)4)28(35)21-11-10-12-22(30)19-21/h6-16,19-20H,5,17-18H2,1-4H3. The van der Waals surface area contributed by atoms with Crippen LogP contribution in [0, 0.1) is 0 Å². The van der Waals surface area contributed by atoms with Crippen molar-refractivity contribution in [1.82, 2.24) is 19.4 Å². The molecule has 37 heavy (non-hydrogen) atoms. The molecule has 0 saturated carbocycles. The zero-order valence-electron chi connectivity index (χ0n) is 21.5. The maximum absolute atomic E-state index is 13.9. The summed E-state index contributed by atoms with van der Waals surface area (Å²) in [6.07, 6.45) is 0. The summed E-state index contributed by atoms with van der Waals surface area (Å²) in [6.45, 7) is 5.38. The predicted octanol–water partition coefficient (Wildman–Crippen LogP) is 5.31. The number of ether oxygens (including phenoxy) is 1. The van der Waals surface area contributed by atoms with Crippen LogP contribution in [-0.2, 0) is 0 Å². The van der Waals surface area contributed by atoms with Gasteiger partial charge >= 0.3 is 0 Å². The Hall–Kier alpha value is -3.49. The average molecular weight is 563 g/mol. The van der Waals surface area contributed by atoms with Crippen LogP contribution in [-0.4, -0.2) is 59.0 Å². The second kappa shape index (κ2) is 11.7. The van der Waals surface area contributed by atoms with Crippen molar-refractivity contribution >= 4 is 32.7 Å². The maximum atomic E-state index is 13.9. The molecule has 1 amide bonds. The van der Waals surface area contributed by atoms with Gasteiger partial charge in [0.1, 0.15) is 11.6 Å². The van der Waals surface area contributed by atoms with E-state index in [0.717, 1.165) is 4.47 Å². The lowest BCUT2D eigenvalue weighted by Crippen LogP contribution is -2.41. The fourth-order valence-corrected chi connectivity index (χ4v) is 4.69. The summed E-state index contributed by atoms with van der Waals surface area (Å²) in [7, 11) is 3.93. The molecular weight excluding hydrogens is 532 g/mol. The van der Waals surface area contributed by atoms with E-state index < -0.39 is 6.04 Å². The van der Waals surface area contributed by atoms with E-state index in [0.29, 0.717) is 53.4 Å². The van der Waals surface area contributed by atoms with Gasteiger partial charge in [0, 0.05) is 23.1 Å². The highest BCUT2D eigenvalue weighted by atomic mass is 79.9. The molecule has 0 aliphatic carbocycles. The number of fused-ring (bicyclic) bond motifs is 1. The fourth-order valence-electron chi connectivity index (χ4n) is 4.29. The molecule has 0 aliphatic heterocycles. The Bertz CT molecular complexity index is 1470. The van der Waals surface area contributed by atoms with E-state index in [1.165, 1.54) is 0 Å². The van der Waals surface area contributed by atoms with Crippen LogP contribution in [0.15, 0.2) is 82.1 Å². The summed E-state index contributed by atoms with van der Waals surface area (Å²) >= 11 is 3.47. The van der Waals surface area contributed by atoms with Crippen LogP contribution >= 0.6 is 15.9 Å². The molecule has 4 aromatic rings. The van der Waals surface area contributed by atoms with Gasteiger partial charge in [0.25, 0.3) is 11.5 Å². The van der Waals surface area contributed by atoms with Crippen molar-refractivity contribution in [2.75, 3.05) is 33.8 Å². The van der Waals surface area contributed by atoms with Crippen molar-refractivity contribution in [3.8, 4) is 11.4 Å². The molecular formula is C29H31BrN4O3. The third-order valence-corrected chi connectivity index (χ3v) is 6.66. The summed E-state index contributed by atoms with van der Waals surface area (Å²) in [6, 6.07) is 21.5. The summed E-state index contributed by atoms with van der Waals surface area (Å²) in [4.78, 5) is 36.5. The Morgan fingerprint density at radius 3 is 2.49 bits per heavy atom. The third-order valence-electron chi connectivity index (χ3n) is 6.17. The van der Waals surface area contributed by atoms with Gasteiger partial charge in [-0.2, -0.15) is 0 Å². The average Bonchev–Trinajstić information content (AvgIpc) is 2.89. The first-order valence-corrected chi connectivity index (χ1v) is 13.1. The summed E-state index contributed by atoms with van der Waals surface area (Å²) < 4.78 is 8.30. The maximum Gasteiger partial charge on any atom is 0.266 e. The van der Waals surface area contributed by atoms with Crippen molar-refractivity contribution in [2.24, 2.45) is 0 Å². The molecule has 1 aromatic heterocycles. The van der Waals surface area contributed by atoms with Gasteiger partial charge in [0.2, 0.25) is 0 Å². The summed E-state index contributed by atoms with van der Waals surface area (Å²) in [5, 5.41) is 0.503. The van der Waals surface area contributed by atoms with Gasteiger partial charge in [-0.05, 0) is 70.4 Å². The Kier molecular flexibility index (Phi) is 8.41. The molecule has 0 bridgehead atoms. The SMILES string of the molecule is CCOc1ccccc1-n1c(C(C)N(CCN(C)C)C(=O)c2cccc(Br)c2)nc2ccccc2c1=O. The topological polar surface area (TPSA) is 67.7 Å². The van der Waals surface area contributed by atoms with Crippen LogP contribution in [0.25, 0.3) is 16.6 Å². The summed E-state index contributed by atoms with van der Waals surface area (Å²) in [5.74, 6) is 0.913. The minimum Gasteiger partial charge on any atom is -0.492 e. The van der Waals surface area contributed by atoms with Crippen molar-refractivity contribution in [1.29, 1.82) is 0 Å². The normalized spacial score (nSPS) is 12.1. The minimum absolute atomic E-state index is 0.136. The lowest BCUT2D eigenvalue weighted by Gasteiger charge is -2.32. The molecule has 0 spiro atoms. The lowest BCUT2D eigenvalue weighted by atomic mass is 10.1. The number of halogens is 1. The van der Waals surface area contributed by atoms with E-state index in [1.54, 1.807) is 21.6 Å². The highest BCUT2D eigenvalue weighted by Gasteiger charge is 2.28. The molecule has 0 fully saturated rings. The third kappa shape index (κ3) is 5.76. The second-order valence-corrected chi connectivity index (χ2v) is 9.93. The molecule has 4 rings (SSSR count). The molecule has 8 heteroatoms. The smallest absolute Gasteiger partial charge is 0.266 e. The zero-order valence-corrected chi connectivity index (χ0v) is 23.1. The first kappa shape index (κ1) is 26.6. The van der Waals surface area contributed by atoms with Crippen LogP contribution in [0.5, 0.6) is 5.75 Å². The molecule has 0 saturated heterocycles. The molecule has 1 atom stereocenters. The molecule has 0 radical (unpaired) electrons. The van der Waals surface area contributed by atoms with E-state index >= 15 is 0 Å². The number of nitrogens with zero attached hydrogens (tertiary/aromatic N) is 4. The first-order valence-electron chi connectivity index (χ1n) is 12.3. The second-order valence-electron chi connectivity index (χ2n) is 9.02. The number of amides is 1. The van der Waals surface area contributed by atoms with Crippen LogP contribution in [0.4, 0.5) is 0 Å². The number of para-hydroxylation sites is 3. The number of hydrogen-bond donors (Lipinski definition) is 0.